The predicted octanol–water partition coefficient (Wildman–Crippen LogP) is 4.15. The number of hydrogen-bond donors (Lipinski definition) is 1. The fourth-order valence-electron chi connectivity index (χ4n) is 2.21. The molecule has 23 heavy (non-hydrogen) atoms. The van der Waals surface area contributed by atoms with Crippen LogP contribution in [0.1, 0.15) is 16.2 Å². The molecule has 1 N–H and O–H groups in total. The van der Waals surface area contributed by atoms with E-state index in [-0.39, 0.29) is 5.69 Å². The van der Waals surface area contributed by atoms with Gasteiger partial charge in [-0.2, -0.15) is 0 Å². The molecule has 1 atom stereocenters. The van der Waals surface area contributed by atoms with Gasteiger partial charge in [0.05, 0.1) is 5.69 Å². The van der Waals surface area contributed by atoms with Crippen molar-refractivity contribution in [3.8, 4) is 0 Å². The Hall–Kier alpha value is -1.62. The number of nitrogens with zero attached hydrogens (tertiary/aromatic N) is 3. The van der Waals surface area contributed by atoms with Crippen molar-refractivity contribution >= 4 is 48.8 Å². The molecule has 1 unspecified atom stereocenters. The average Bonchev–Trinajstić information content (AvgIpc) is 2.96. The van der Waals surface area contributed by atoms with E-state index in [1.807, 2.05) is 37.0 Å². The van der Waals surface area contributed by atoms with Crippen LogP contribution in [-0.4, -0.2) is 32.5 Å². The Labute approximate surface area is 143 Å². The first-order chi connectivity index (χ1) is 11.1. The highest BCUT2D eigenvalue weighted by molar-refractivity contribution is 7.98. The molecular formula is C15H13ClN3O2PS. The van der Waals surface area contributed by atoms with Gasteiger partial charge in [-0.3, -0.25) is 0 Å². The van der Waals surface area contributed by atoms with Gasteiger partial charge in [-0.1, -0.05) is 28.9 Å². The second-order valence-electron chi connectivity index (χ2n) is 4.77. The summed E-state index contributed by atoms with van der Waals surface area (Å²) < 4.78 is 1.65. The highest BCUT2D eigenvalue weighted by Crippen LogP contribution is 2.29. The molecule has 0 amide bonds. The minimum Gasteiger partial charge on any atom is -0.476 e. The second-order valence-corrected chi connectivity index (χ2v) is 7.12. The quantitative estimate of drug-likeness (QED) is 0.543. The lowest BCUT2D eigenvalue weighted by molar-refractivity contribution is 0.0689. The van der Waals surface area contributed by atoms with E-state index in [1.165, 1.54) is 0 Å². The Balaban J connectivity index is 1.85. The molecule has 1 aromatic heterocycles. The summed E-state index contributed by atoms with van der Waals surface area (Å²) in [5, 5.41) is 19.7. The van der Waals surface area contributed by atoms with Crippen molar-refractivity contribution in [1.82, 2.24) is 14.8 Å². The number of aromatic nitrogens is 3. The fourth-order valence-corrected chi connectivity index (χ4v) is 4.03. The van der Waals surface area contributed by atoms with E-state index < -0.39 is 5.97 Å². The Morgan fingerprint density at radius 1 is 1.30 bits per heavy atom. The third-order valence-corrected chi connectivity index (χ3v) is 5.35. The van der Waals surface area contributed by atoms with E-state index in [4.69, 9.17) is 11.6 Å². The third-order valence-electron chi connectivity index (χ3n) is 3.33. The van der Waals surface area contributed by atoms with Gasteiger partial charge in [0.1, 0.15) is 0 Å². The Bertz CT molecular complexity index is 884. The molecule has 118 valence electrons. The van der Waals surface area contributed by atoms with Crippen LogP contribution < -0.4 is 0 Å². The summed E-state index contributed by atoms with van der Waals surface area (Å²) in [5.74, 6) is -0.535. The summed E-state index contributed by atoms with van der Waals surface area (Å²) in [5.41, 5.74) is 0.666. The van der Waals surface area contributed by atoms with Crippen LogP contribution >= 0.6 is 32.1 Å². The molecule has 1 heterocycles. The van der Waals surface area contributed by atoms with Crippen molar-refractivity contribution < 1.29 is 9.90 Å². The number of carbonyl (C=O) groups is 1. The number of thioether (sulfide) groups is 1. The third kappa shape index (κ3) is 3.50. The molecule has 3 aromatic rings. The zero-order valence-corrected chi connectivity index (χ0v) is 14.7. The highest BCUT2D eigenvalue weighted by atomic mass is 35.5. The number of fused-ring (bicyclic) bond motifs is 1. The van der Waals surface area contributed by atoms with Crippen LogP contribution in [0.15, 0.2) is 41.3 Å². The van der Waals surface area contributed by atoms with Gasteiger partial charge >= 0.3 is 5.97 Å². The van der Waals surface area contributed by atoms with Crippen molar-refractivity contribution in [2.45, 2.75) is 10.6 Å². The molecule has 0 radical (unpaired) electrons. The number of hydrogen-bond acceptors (Lipinski definition) is 4. The zero-order valence-electron chi connectivity index (χ0n) is 12.2. The number of benzene rings is 2. The smallest absolute Gasteiger partial charge is 0.358 e. The molecule has 8 heteroatoms. The summed E-state index contributed by atoms with van der Waals surface area (Å²) in [6.45, 7) is 1.94. The minimum absolute atomic E-state index is 0.0272. The van der Waals surface area contributed by atoms with Crippen molar-refractivity contribution in [1.29, 1.82) is 0 Å². The fraction of sp³-hybridized carbons (Fsp3) is 0.133. The van der Waals surface area contributed by atoms with Gasteiger partial charge in [-0.25, -0.2) is 9.25 Å². The average molecular weight is 366 g/mol. The molecule has 3 rings (SSSR count). The van der Waals surface area contributed by atoms with E-state index in [9.17, 15) is 9.90 Å². The zero-order chi connectivity index (χ0) is 16.4. The van der Waals surface area contributed by atoms with E-state index >= 15 is 0 Å². The van der Waals surface area contributed by atoms with Crippen LogP contribution in [0.2, 0.25) is 5.02 Å². The van der Waals surface area contributed by atoms with Crippen LogP contribution in [-0.2, 0) is 5.75 Å². The van der Waals surface area contributed by atoms with E-state index in [1.54, 1.807) is 16.2 Å². The maximum absolute atomic E-state index is 11.2. The van der Waals surface area contributed by atoms with E-state index in [2.05, 4.69) is 16.4 Å². The molecule has 0 aliphatic heterocycles. The van der Waals surface area contributed by atoms with Crippen LogP contribution in [0.5, 0.6) is 0 Å². The number of halogens is 1. The van der Waals surface area contributed by atoms with Crippen molar-refractivity contribution in [2.24, 2.45) is 0 Å². The predicted molar refractivity (Wildman–Crippen MR) is 95.1 cm³/mol. The van der Waals surface area contributed by atoms with Gasteiger partial charge in [0, 0.05) is 24.4 Å². The SMILES string of the molecule is CPn1nnc(C(=O)O)c1CSc1ccc2cc(Cl)ccc2c1. The summed E-state index contributed by atoms with van der Waals surface area (Å²) in [6, 6.07) is 11.8. The molecule has 0 fully saturated rings. The topological polar surface area (TPSA) is 68.0 Å². The van der Waals surface area contributed by atoms with Crippen molar-refractivity contribution in [3.05, 3.63) is 52.8 Å². The largest absolute Gasteiger partial charge is 0.476 e. The molecule has 0 saturated carbocycles. The second kappa shape index (κ2) is 6.87. The molecule has 0 spiro atoms. The van der Waals surface area contributed by atoms with E-state index in [0.717, 1.165) is 15.7 Å². The molecule has 2 aromatic carbocycles. The molecule has 0 aliphatic rings. The molecule has 0 saturated heterocycles. The van der Waals surface area contributed by atoms with Crippen LogP contribution in [0.4, 0.5) is 0 Å². The summed E-state index contributed by atoms with van der Waals surface area (Å²) in [6.07, 6.45) is 0. The van der Waals surface area contributed by atoms with Crippen LogP contribution in [0.25, 0.3) is 10.8 Å². The Kier molecular flexibility index (Phi) is 4.85. The van der Waals surface area contributed by atoms with E-state index in [0.29, 0.717) is 25.2 Å². The van der Waals surface area contributed by atoms with Gasteiger partial charge in [0.25, 0.3) is 0 Å². The first kappa shape index (κ1) is 16.2. The van der Waals surface area contributed by atoms with Crippen molar-refractivity contribution in [2.75, 3.05) is 6.66 Å². The summed E-state index contributed by atoms with van der Waals surface area (Å²) >= 11 is 7.56. The lowest BCUT2D eigenvalue weighted by atomic mass is 10.1. The maximum atomic E-state index is 11.2. The molecule has 0 bridgehead atoms. The number of carboxylic acids is 1. The lowest BCUT2D eigenvalue weighted by Gasteiger charge is -2.06. The molecular weight excluding hydrogens is 353 g/mol. The number of carboxylic acid groups (broad SMARTS) is 1. The molecule has 0 aliphatic carbocycles. The first-order valence-electron chi connectivity index (χ1n) is 6.76. The highest BCUT2D eigenvalue weighted by Gasteiger charge is 2.18. The van der Waals surface area contributed by atoms with Crippen molar-refractivity contribution in [3.63, 3.8) is 0 Å². The standard InChI is InChI=1S/C15H13ClN3O2PS/c1-22-19-13(14(15(20)21)17-18-19)8-23-12-5-3-9-6-11(16)4-2-10(9)7-12/h2-7,22H,8H2,1H3,(H,20,21). The van der Waals surface area contributed by atoms with Crippen LogP contribution in [0.3, 0.4) is 0 Å². The van der Waals surface area contributed by atoms with Gasteiger partial charge in [-0.05, 0) is 41.7 Å². The maximum Gasteiger partial charge on any atom is 0.358 e. The Morgan fingerprint density at radius 3 is 2.78 bits per heavy atom. The monoisotopic (exact) mass is 365 g/mol. The van der Waals surface area contributed by atoms with Gasteiger partial charge in [0.15, 0.2) is 5.69 Å². The molecule has 5 nitrogen and oxygen atoms in total. The normalized spacial score (nSPS) is 11.6. The first-order valence-corrected chi connectivity index (χ1v) is 9.57. The van der Waals surface area contributed by atoms with Gasteiger partial charge in [-0.15, -0.1) is 16.9 Å². The summed E-state index contributed by atoms with van der Waals surface area (Å²) in [4.78, 5) is 12.3. The van der Waals surface area contributed by atoms with Gasteiger partial charge < -0.3 is 5.11 Å². The van der Waals surface area contributed by atoms with Crippen LogP contribution in [0, 0.1) is 0 Å². The van der Waals surface area contributed by atoms with Gasteiger partial charge in [0.2, 0.25) is 0 Å². The number of rotatable bonds is 5. The minimum atomic E-state index is -1.04. The Morgan fingerprint density at radius 2 is 2.04 bits per heavy atom. The lowest BCUT2D eigenvalue weighted by Crippen LogP contribution is -2.02. The number of aromatic carboxylic acids is 1. The summed E-state index contributed by atoms with van der Waals surface area (Å²) in [7, 11) is 0.345.